The van der Waals surface area contributed by atoms with Crippen LogP contribution >= 0.6 is 0 Å². The fourth-order valence-corrected chi connectivity index (χ4v) is 3.74. The van der Waals surface area contributed by atoms with Gasteiger partial charge in [-0.05, 0) is 42.9 Å². The fraction of sp³-hybridized carbons (Fsp3) is 0.400. The quantitative estimate of drug-likeness (QED) is 0.345. The van der Waals surface area contributed by atoms with E-state index in [1.54, 1.807) is 22.1 Å². The molecule has 0 atom stereocenters. The molecule has 0 radical (unpaired) electrons. The number of allylic oxidation sites excluding steroid dienone is 2. The number of carbonyl (C=O) groups is 1. The highest BCUT2D eigenvalue weighted by Gasteiger charge is 2.36. The van der Waals surface area contributed by atoms with Gasteiger partial charge in [0.05, 0.1) is 5.56 Å². The number of halogens is 3. The maximum Gasteiger partial charge on any atom is 0.416 e. The van der Waals surface area contributed by atoms with Gasteiger partial charge in [-0.15, -0.1) is 0 Å². The number of amides is 1. The normalized spacial score (nSPS) is 19.0. The number of piperidine rings is 1. The molecule has 0 aromatic heterocycles. The van der Waals surface area contributed by atoms with Crippen molar-refractivity contribution in [3.63, 3.8) is 0 Å². The van der Waals surface area contributed by atoms with E-state index in [0.717, 1.165) is 11.6 Å². The van der Waals surface area contributed by atoms with Crippen LogP contribution in [0.25, 0.3) is 0 Å². The Bertz CT molecular complexity index is 821. The molecule has 2 aliphatic heterocycles. The molecular formula is C20H23F3N4O. The van der Waals surface area contributed by atoms with E-state index in [-0.39, 0.29) is 17.7 Å². The first-order chi connectivity index (χ1) is 13.3. The summed E-state index contributed by atoms with van der Waals surface area (Å²) >= 11 is 0. The molecule has 2 N–H and O–H groups in total. The molecule has 2 heterocycles. The van der Waals surface area contributed by atoms with Gasteiger partial charge in [-0.2, -0.15) is 18.3 Å². The van der Waals surface area contributed by atoms with Crippen LogP contribution in [-0.2, 0) is 11.0 Å². The first-order valence-electron chi connectivity index (χ1n) is 9.16. The zero-order valence-corrected chi connectivity index (χ0v) is 15.6. The van der Waals surface area contributed by atoms with Crippen molar-refractivity contribution in [1.82, 2.24) is 9.80 Å². The molecule has 3 rings (SSSR count). The summed E-state index contributed by atoms with van der Waals surface area (Å²) in [5, 5.41) is 3.67. The third-order valence-corrected chi connectivity index (χ3v) is 5.12. The molecule has 0 bridgehead atoms. The van der Waals surface area contributed by atoms with Gasteiger partial charge >= 0.3 is 6.18 Å². The highest BCUT2D eigenvalue weighted by atomic mass is 19.4. The van der Waals surface area contributed by atoms with E-state index in [1.807, 2.05) is 19.1 Å². The lowest BCUT2D eigenvalue weighted by Gasteiger charge is -2.34. The van der Waals surface area contributed by atoms with Crippen molar-refractivity contribution in [3.8, 4) is 0 Å². The molecule has 5 nitrogen and oxygen atoms in total. The molecule has 0 saturated carbocycles. The lowest BCUT2D eigenvalue weighted by molar-refractivity contribution is -0.138. The smallest absolute Gasteiger partial charge is 0.336 e. The maximum atomic E-state index is 13.3. The van der Waals surface area contributed by atoms with Gasteiger partial charge < -0.3 is 15.6 Å². The average Bonchev–Trinajstić information content (AvgIpc) is 2.68. The van der Waals surface area contributed by atoms with Crippen molar-refractivity contribution < 1.29 is 18.0 Å². The highest BCUT2D eigenvalue weighted by Crippen LogP contribution is 2.38. The van der Waals surface area contributed by atoms with Gasteiger partial charge in [0, 0.05) is 25.8 Å². The lowest BCUT2D eigenvalue weighted by Crippen LogP contribution is -2.47. The second-order valence-corrected chi connectivity index (χ2v) is 7.03. The van der Waals surface area contributed by atoms with E-state index < -0.39 is 11.7 Å². The van der Waals surface area contributed by atoms with Crippen molar-refractivity contribution >= 4 is 11.7 Å². The number of nitrogens with two attached hydrogens (primary N) is 1. The van der Waals surface area contributed by atoms with E-state index >= 15 is 0 Å². The molecule has 1 aromatic carbocycles. The topological polar surface area (TPSA) is 61.9 Å². The summed E-state index contributed by atoms with van der Waals surface area (Å²) in [6.45, 7) is 3.13. The van der Waals surface area contributed by atoms with Crippen LogP contribution in [0.1, 0.15) is 36.8 Å². The molecular weight excluding hydrogens is 369 g/mol. The molecule has 0 unspecified atom stereocenters. The third kappa shape index (κ3) is 4.21. The van der Waals surface area contributed by atoms with Crippen LogP contribution in [-0.4, -0.2) is 41.2 Å². The second-order valence-electron chi connectivity index (χ2n) is 7.03. The third-order valence-electron chi connectivity index (χ3n) is 5.12. The Balaban J connectivity index is 1.69. The Morgan fingerprint density at radius 2 is 1.89 bits per heavy atom. The van der Waals surface area contributed by atoms with E-state index in [0.29, 0.717) is 38.0 Å². The Morgan fingerprint density at radius 3 is 2.50 bits per heavy atom. The number of hydrazone groups is 1. The van der Waals surface area contributed by atoms with Crippen LogP contribution in [0.4, 0.5) is 13.2 Å². The minimum absolute atomic E-state index is 0.137. The summed E-state index contributed by atoms with van der Waals surface area (Å²) in [6.07, 6.45) is 2.20. The number of nitrogens with zero attached hydrogens (tertiary/aromatic N) is 3. The lowest BCUT2D eigenvalue weighted by atomic mass is 9.86. The molecule has 2 aliphatic rings. The van der Waals surface area contributed by atoms with E-state index in [9.17, 15) is 18.0 Å². The summed E-state index contributed by atoms with van der Waals surface area (Å²) in [5.41, 5.74) is 0.682. The number of benzene rings is 1. The molecule has 1 aromatic rings. The van der Waals surface area contributed by atoms with Gasteiger partial charge in [0.1, 0.15) is 0 Å². The Morgan fingerprint density at radius 1 is 1.21 bits per heavy atom. The molecule has 28 heavy (non-hydrogen) atoms. The number of amidine groups is 1. The minimum Gasteiger partial charge on any atom is -0.336 e. The summed E-state index contributed by atoms with van der Waals surface area (Å²) in [5.74, 6) is 5.06. The predicted octanol–water partition coefficient (Wildman–Crippen LogP) is 3.46. The zero-order valence-electron chi connectivity index (χ0n) is 15.6. The van der Waals surface area contributed by atoms with Gasteiger partial charge in [-0.25, -0.2) is 0 Å². The number of alkyl halides is 3. The summed E-state index contributed by atoms with van der Waals surface area (Å²) < 4.78 is 39.9. The first-order valence-corrected chi connectivity index (χ1v) is 9.16. The number of hydrogen-bond donors (Lipinski definition) is 1. The van der Waals surface area contributed by atoms with Gasteiger partial charge in [0.25, 0.3) is 5.91 Å². The van der Waals surface area contributed by atoms with Gasteiger partial charge in [0.2, 0.25) is 5.84 Å². The Hall–Kier alpha value is -2.77. The molecule has 8 heteroatoms. The predicted molar refractivity (Wildman–Crippen MR) is 101 cm³/mol. The summed E-state index contributed by atoms with van der Waals surface area (Å²) in [6, 6.07) is 5.67. The molecule has 150 valence electrons. The number of hydrogen-bond acceptors (Lipinski definition) is 3. The summed E-state index contributed by atoms with van der Waals surface area (Å²) in [4.78, 5) is 16.1. The molecule has 0 aliphatic carbocycles. The van der Waals surface area contributed by atoms with Gasteiger partial charge in [-0.3, -0.25) is 4.79 Å². The van der Waals surface area contributed by atoms with Crippen LogP contribution < -0.4 is 5.84 Å². The van der Waals surface area contributed by atoms with Crippen LogP contribution in [0, 0.1) is 0 Å². The minimum atomic E-state index is -4.38. The van der Waals surface area contributed by atoms with Crippen LogP contribution in [0.2, 0.25) is 0 Å². The molecule has 1 saturated heterocycles. The van der Waals surface area contributed by atoms with E-state index in [4.69, 9.17) is 5.84 Å². The van der Waals surface area contributed by atoms with Crippen molar-refractivity contribution in [1.29, 1.82) is 0 Å². The van der Waals surface area contributed by atoms with Crippen LogP contribution in [0.15, 0.2) is 53.3 Å². The maximum absolute atomic E-state index is 13.3. The summed E-state index contributed by atoms with van der Waals surface area (Å²) in [7, 11) is 0. The molecule has 0 spiro atoms. The zero-order chi connectivity index (χ0) is 20.3. The number of likely N-dealkylation sites (tertiary alicyclic amines) is 1. The van der Waals surface area contributed by atoms with Gasteiger partial charge in [-0.1, -0.05) is 30.4 Å². The molecule has 1 fully saturated rings. The standard InChI is InChI=1S/C20H23F3N4O/c1-14-5-4-10-27(13-14)18(25-24)19(28)26-11-8-15(9-12-26)16-6-2-3-7-17(16)20(21,22)23/h2-7,13,15H,8-12,24H2,1H3. The number of carbonyl (C=O) groups excluding carboxylic acids is 1. The van der Waals surface area contributed by atoms with E-state index in [2.05, 4.69) is 5.10 Å². The Labute approximate surface area is 162 Å². The SMILES string of the molecule is CC1=CN(C(=NN)C(=O)N2CCC(c3ccccc3C(F)(F)F)CC2)CC=C1. The van der Waals surface area contributed by atoms with Crippen molar-refractivity contribution in [2.75, 3.05) is 19.6 Å². The van der Waals surface area contributed by atoms with Crippen LogP contribution in [0.3, 0.4) is 0 Å². The molecule has 1 amide bonds. The van der Waals surface area contributed by atoms with Crippen molar-refractivity contribution in [2.45, 2.75) is 31.9 Å². The van der Waals surface area contributed by atoms with Crippen molar-refractivity contribution in [2.24, 2.45) is 10.9 Å². The van der Waals surface area contributed by atoms with E-state index in [1.165, 1.54) is 12.1 Å². The van der Waals surface area contributed by atoms with Gasteiger partial charge in [0.15, 0.2) is 0 Å². The largest absolute Gasteiger partial charge is 0.416 e. The fourth-order valence-electron chi connectivity index (χ4n) is 3.74. The second kappa shape index (κ2) is 8.08. The highest BCUT2D eigenvalue weighted by molar-refractivity contribution is 6.37. The van der Waals surface area contributed by atoms with Crippen LogP contribution in [0.5, 0.6) is 0 Å². The average molecular weight is 392 g/mol. The monoisotopic (exact) mass is 392 g/mol. The first kappa shape index (κ1) is 20.0. The number of rotatable bonds is 1. The Kier molecular flexibility index (Phi) is 5.76. The van der Waals surface area contributed by atoms with Crippen molar-refractivity contribution in [3.05, 3.63) is 59.3 Å².